The molecule has 136 valence electrons. The van der Waals surface area contributed by atoms with E-state index in [0.717, 1.165) is 23.4 Å². The molecule has 0 spiro atoms. The van der Waals surface area contributed by atoms with E-state index in [2.05, 4.69) is 10.6 Å². The summed E-state index contributed by atoms with van der Waals surface area (Å²) in [6, 6.07) is 10.7. The zero-order chi connectivity index (χ0) is 18.7. The molecule has 3 rings (SSSR count). The average molecular weight is 358 g/mol. The van der Waals surface area contributed by atoms with Crippen molar-refractivity contribution in [1.29, 1.82) is 0 Å². The van der Waals surface area contributed by atoms with Crippen LogP contribution in [-0.2, 0) is 16.0 Å². The summed E-state index contributed by atoms with van der Waals surface area (Å²) < 4.78 is 26.3. The summed E-state index contributed by atoms with van der Waals surface area (Å²) in [5, 5.41) is 5.62. The number of hydrogen-bond acceptors (Lipinski definition) is 2. The molecule has 6 heteroatoms. The minimum absolute atomic E-state index is 0.0786. The largest absolute Gasteiger partial charge is 0.350 e. The quantitative estimate of drug-likeness (QED) is 0.856. The Bertz CT molecular complexity index is 838. The van der Waals surface area contributed by atoms with Gasteiger partial charge in [-0.05, 0) is 49.1 Å². The Hall–Kier alpha value is -2.76. The van der Waals surface area contributed by atoms with Gasteiger partial charge in [-0.15, -0.1) is 0 Å². The van der Waals surface area contributed by atoms with Crippen LogP contribution in [0.1, 0.15) is 36.9 Å². The number of carbonyl (C=O) groups is 2. The molecule has 1 aliphatic heterocycles. The zero-order valence-corrected chi connectivity index (χ0v) is 14.4. The third-order valence-electron chi connectivity index (χ3n) is 4.65. The number of halogens is 2. The lowest BCUT2D eigenvalue weighted by Gasteiger charge is -2.24. The van der Waals surface area contributed by atoms with E-state index in [9.17, 15) is 18.4 Å². The van der Waals surface area contributed by atoms with Crippen LogP contribution in [0, 0.1) is 17.6 Å². The molecule has 2 N–H and O–H groups in total. The summed E-state index contributed by atoms with van der Waals surface area (Å²) in [5.41, 5.74) is 2.37. The minimum Gasteiger partial charge on any atom is -0.350 e. The van der Waals surface area contributed by atoms with E-state index in [1.165, 1.54) is 6.07 Å². The third kappa shape index (κ3) is 4.07. The van der Waals surface area contributed by atoms with Crippen LogP contribution in [0.3, 0.4) is 0 Å². The van der Waals surface area contributed by atoms with Crippen molar-refractivity contribution in [2.24, 2.45) is 5.92 Å². The van der Waals surface area contributed by atoms with Gasteiger partial charge in [-0.2, -0.15) is 0 Å². The summed E-state index contributed by atoms with van der Waals surface area (Å²) in [7, 11) is 0. The molecule has 0 aliphatic carbocycles. The molecule has 0 fully saturated rings. The van der Waals surface area contributed by atoms with Crippen LogP contribution in [-0.4, -0.2) is 11.8 Å². The fraction of sp³-hybridized carbons (Fsp3) is 0.300. The van der Waals surface area contributed by atoms with Crippen LogP contribution in [0.2, 0.25) is 0 Å². The lowest BCUT2D eigenvalue weighted by atomic mass is 9.89. The molecule has 4 nitrogen and oxygen atoms in total. The predicted octanol–water partition coefficient (Wildman–Crippen LogP) is 3.73. The lowest BCUT2D eigenvalue weighted by molar-refractivity contribution is -0.123. The zero-order valence-electron chi connectivity index (χ0n) is 14.4. The van der Waals surface area contributed by atoms with Crippen molar-refractivity contribution in [3.05, 3.63) is 65.2 Å². The Balaban J connectivity index is 1.54. The van der Waals surface area contributed by atoms with Crippen molar-refractivity contribution in [3.8, 4) is 0 Å². The number of hydrogen-bond donors (Lipinski definition) is 2. The Morgan fingerprint density at radius 1 is 1.23 bits per heavy atom. The maximum Gasteiger partial charge on any atom is 0.227 e. The Morgan fingerprint density at radius 3 is 2.77 bits per heavy atom. The van der Waals surface area contributed by atoms with Crippen molar-refractivity contribution >= 4 is 17.5 Å². The lowest BCUT2D eigenvalue weighted by Crippen LogP contribution is -2.32. The van der Waals surface area contributed by atoms with Gasteiger partial charge in [0.2, 0.25) is 11.8 Å². The van der Waals surface area contributed by atoms with Gasteiger partial charge >= 0.3 is 0 Å². The molecular weight excluding hydrogens is 338 g/mol. The van der Waals surface area contributed by atoms with E-state index in [4.69, 9.17) is 0 Å². The van der Waals surface area contributed by atoms with Gasteiger partial charge in [-0.3, -0.25) is 9.59 Å². The first-order valence-corrected chi connectivity index (χ1v) is 8.57. The van der Waals surface area contributed by atoms with Crippen molar-refractivity contribution in [3.63, 3.8) is 0 Å². The van der Waals surface area contributed by atoms with Crippen LogP contribution in [0.5, 0.6) is 0 Å². The smallest absolute Gasteiger partial charge is 0.227 e. The van der Waals surface area contributed by atoms with Crippen LogP contribution in [0.4, 0.5) is 14.5 Å². The Labute approximate surface area is 150 Å². The summed E-state index contributed by atoms with van der Waals surface area (Å²) in [5.74, 6) is -2.43. The second kappa shape index (κ2) is 7.64. The van der Waals surface area contributed by atoms with Gasteiger partial charge in [0.1, 0.15) is 0 Å². The second-order valence-electron chi connectivity index (χ2n) is 6.55. The molecule has 0 saturated heterocycles. The molecule has 2 aromatic carbocycles. The topological polar surface area (TPSA) is 58.2 Å². The van der Waals surface area contributed by atoms with Crippen molar-refractivity contribution in [1.82, 2.24) is 5.32 Å². The normalized spacial score (nSPS) is 17.2. The van der Waals surface area contributed by atoms with E-state index in [-0.39, 0.29) is 24.2 Å². The SMILES string of the molecule is C[C@H](NC(=O)CC[C@H]1Cc2ccccc2NC1=O)c1ccc(F)c(F)c1. The van der Waals surface area contributed by atoms with Gasteiger partial charge in [-0.25, -0.2) is 8.78 Å². The van der Waals surface area contributed by atoms with Crippen LogP contribution < -0.4 is 10.6 Å². The molecule has 2 atom stereocenters. The molecule has 2 aromatic rings. The first kappa shape index (κ1) is 18.0. The van der Waals surface area contributed by atoms with E-state index < -0.39 is 17.7 Å². The van der Waals surface area contributed by atoms with Gasteiger partial charge in [0.25, 0.3) is 0 Å². The molecule has 0 bridgehead atoms. The number of rotatable bonds is 5. The van der Waals surface area contributed by atoms with Crippen molar-refractivity contribution < 1.29 is 18.4 Å². The van der Waals surface area contributed by atoms with Gasteiger partial charge in [-0.1, -0.05) is 24.3 Å². The Morgan fingerprint density at radius 2 is 2.00 bits per heavy atom. The van der Waals surface area contributed by atoms with Gasteiger partial charge < -0.3 is 10.6 Å². The second-order valence-corrected chi connectivity index (χ2v) is 6.55. The number of para-hydroxylation sites is 1. The molecule has 26 heavy (non-hydrogen) atoms. The number of anilines is 1. The van der Waals surface area contributed by atoms with E-state index in [1.807, 2.05) is 24.3 Å². The molecule has 1 heterocycles. The Kier molecular flexibility index (Phi) is 5.30. The number of benzene rings is 2. The predicted molar refractivity (Wildman–Crippen MR) is 94.4 cm³/mol. The molecule has 0 saturated carbocycles. The molecular formula is C20H20F2N2O2. The summed E-state index contributed by atoms with van der Waals surface area (Å²) in [6.45, 7) is 1.70. The van der Waals surface area contributed by atoms with Gasteiger partial charge in [0, 0.05) is 18.0 Å². The highest BCUT2D eigenvalue weighted by atomic mass is 19.2. The van der Waals surface area contributed by atoms with Gasteiger partial charge in [0.15, 0.2) is 11.6 Å². The van der Waals surface area contributed by atoms with E-state index in [0.29, 0.717) is 18.4 Å². The number of fused-ring (bicyclic) bond motifs is 1. The first-order valence-electron chi connectivity index (χ1n) is 8.57. The maximum atomic E-state index is 13.3. The van der Waals surface area contributed by atoms with E-state index in [1.54, 1.807) is 6.92 Å². The van der Waals surface area contributed by atoms with Crippen molar-refractivity contribution in [2.75, 3.05) is 5.32 Å². The molecule has 1 aliphatic rings. The molecule has 0 radical (unpaired) electrons. The maximum absolute atomic E-state index is 13.3. The summed E-state index contributed by atoms with van der Waals surface area (Å²) >= 11 is 0. The monoisotopic (exact) mass is 358 g/mol. The van der Waals surface area contributed by atoms with Crippen molar-refractivity contribution in [2.45, 2.75) is 32.2 Å². The summed E-state index contributed by atoms with van der Waals surface area (Å²) in [6.07, 6.45) is 1.22. The highest BCUT2D eigenvalue weighted by Crippen LogP contribution is 2.27. The van der Waals surface area contributed by atoms with Crippen LogP contribution >= 0.6 is 0 Å². The van der Waals surface area contributed by atoms with Gasteiger partial charge in [0.05, 0.1) is 6.04 Å². The fourth-order valence-electron chi connectivity index (χ4n) is 3.13. The van der Waals surface area contributed by atoms with E-state index >= 15 is 0 Å². The van der Waals surface area contributed by atoms with Crippen LogP contribution in [0.15, 0.2) is 42.5 Å². The highest BCUT2D eigenvalue weighted by Gasteiger charge is 2.26. The first-order chi connectivity index (χ1) is 12.4. The molecule has 0 unspecified atom stereocenters. The molecule has 0 aromatic heterocycles. The summed E-state index contributed by atoms with van der Waals surface area (Å²) in [4.78, 5) is 24.3. The van der Waals surface area contributed by atoms with Crippen LogP contribution in [0.25, 0.3) is 0 Å². The number of carbonyl (C=O) groups excluding carboxylic acids is 2. The minimum atomic E-state index is -0.943. The molecule has 2 amide bonds. The number of nitrogens with one attached hydrogen (secondary N) is 2. The average Bonchev–Trinajstić information content (AvgIpc) is 2.62. The standard InChI is InChI=1S/C20H20F2N2O2/c1-12(13-6-8-16(21)17(22)11-13)23-19(25)9-7-15-10-14-4-2-3-5-18(14)24-20(15)26/h2-6,8,11-12,15H,7,9-10H2,1H3,(H,23,25)(H,24,26)/t12-,15-/m0/s1. The third-order valence-corrected chi connectivity index (χ3v) is 4.65. The number of amides is 2. The highest BCUT2D eigenvalue weighted by molar-refractivity contribution is 5.96. The fourth-order valence-corrected chi connectivity index (χ4v) is 3.13.